The summed E-state index contributed by atoms with van der Waals surface area (Å²) < 4.78 is 0. The highest BCUT2D eigenvalue weighted by Crippen LogP contribution is 2.29. The van der Waals surface area contributed by atoms with Crippen molar-refractivity contribution in [3.8, 4) is 0 Å². The lowest BCUT2D eigenvalue weighted by Gasteiger charge is -2.11. The number of aryl methyl sites for hydroxylation is 1. The Morgan fingerprint density at radius 3 is 2.47 bits per heavy atom. The first-order chi connectivity index (χ1) is 8.15. The number of rotatable bonds is 3. The molecule has 0 spiro atoms. The fourth-order valence-electron chi connectivity index (χ4n) is 1.88. The minimum Gasteiger partial charge on any atom is -0.0843 e. The highest BCUT2D eigenvalue weighted by molar-refractivity contribution is 9.09. The summed E-state index contributed by atoms with van der Waals surface area (Å²) in [7, 11) is 0. The first kappa shape index (κ1) is 12.7. The summed E-state index contributed by atoms with van der Waals surface area (Å²) in [6.45, 7) is 2.07. The summed E-state index contributed by atoms with van der Waals surface area (Å²) in [6, 6.07) is 16.6. The Balaban J connectivity index is 2.17. The summed E-state index contributed by atoms with van der Waals surface area (Å²) in [5.74, 6) is 0. The molecule has 2 aromatic rings. The van der Waals surface area contributed by atoms with E-state index in [0.717, 1.165) is 11.4 Å². The average Bonchev–Trinajstić information content (AvgIpc) is 2.29. The Labute approximate surface area is 116 Å². The fourth-order valence-corrected chi connectivity index (χ4v) is 2.82. The largest absolute Gasteiger partial charge is 0.0843 e. The second kappa shape index (κ2) is 5.70. The molecule has 0 amide bonds. The maximum Gasteiger partial charge on any atom is 0.0436 e. The Bertz CT molecular complexity index is 473. The molecule has 0 aliphatic rings. The van der Waals surface area contributed by atoms with Crippen LogP contribution < -0.4 is 0 Å². The third-order valence-electron chi connectivity index (χ3n) is 2.68. The normalized spacial score (nSPS) is 12.4. The standard InChI is InChI=1S/C15H14BrCl/c1-11-7-13(10-14(17)8-11)15(16)9-12-5-3-2-4-6-12/h2-8,10,15H,9H2,1H3. The second-order valence-electron chi connectivity index (χ2n) is 4.22. The molecule has 0 aliphatic heterocycles. The van der Waals surface area contributed by atoms with Crippen molar-refractivity contribution in [2.75, 3.05) is 0 Å². The smallest absolute Gasteiger partial charge is 0.0436 e. The van der Waals surface area contributed by atoms with E-state index in [1.165, 1.54) is 16.7 Å². The van der Waals surface area contributed by atoms with E-state index in [4.69, 9.17) is 11.6 Å². The molecule has 0 N–H and O–H groups in total. The second-order valence-corrected chi connectivity index (χ2v) is 5.76. The topological polar surface area (TPSA) is 0 Å². The minimum atomic E-state index is 0.308. The maximum absolute atomic E-state index is 6.08. The molecule has 0 fully saturated rings. The molecule has 88 valence electrons. The Hall–Kier alpha value is -0.790. The van der Waals surface area contributed by atoms with Crippen molar-refractivity contribution in [1.82, 2.24) is 0 Å². The van der Waals surface area contributed by atoms with Crippen LogP contribution in [0.1, 0.15) is 21.5 Å². The third-order valence-corrected chi connectivity index (χ3v) is 3.75. The molecule has 1 atom stereocenters. The molecule has 0 aromatic heterocycles. The molecule has 0 saturated carbocycles. The van der Waals surface area contributed by atoms with Crippen molar-refractivity contribution in [3.05, 3.63) is 70.2 Å². The van der Waals surface area contributed by atoms with Gasteiger partial charge in [0, 0.05) is 9.85 Å². The van der Waals surface area contributed by atoms with Crippen LogP contribution in [0.3, 0.4) is 0 Å². The number of hydrogen-bond acceptors (Lipinski definition) is 0. The lowest BCUT2D eigenvalue weighted by Crippen LogP contribution is -1.95. The Morgan fingerprint density at radius 1 is 1.12 bits per heavy atom. The highest BCUT2D eigenvalue weighted by atomic mass is 79.9. The number of hydrogen-bond donors (Lipinski definition) is 0. The molecule has 0 bridgehead atoms. The van der Waals surface area contributed by atoms with E-state index in [0.29, 0.717) is 4.83 Å². The van der Waals surface area contributed by atoms with Crippen LogP contribution in [0.15, 0.2) is 48.5 Å². The molecular formula is C15H14BrCl. The third kappa shape index (κ3) is 3.58. The molecule has 2 rings (SSSR count). The summed E-state index contributed by atoms with van der Waals surface area (Å²) >= 11 is 9.81. The van der Waals surface area contributed by atoms with Crippen LogP contribution in [-0.4, -0.2) is 0 Å². The van der Waals surface area contributed by atoms with Crippen LogP contribution in [0.2, 0.25) is 5.02 Å². The monoisotopic (exact) mass is 308 g/mol. The summed E-state index contributed by atoms with van der Waals surface area (Å²) in [5, 5.41) is 0.803. The predicted octanol–water partition coefficient (Wildman–Crippen LogP) is 5.33. The van der Waals surface area contributed by atoms with E-state index < -0.39 is 0 Å². The Morgan fingerprint density at radius 2 is 1.82 bits per heavy atom. The van der Waals surface area contributed by atoms with Crippen LogP contribution in [0.25, 0.3) is 0 Å². The van der Waals surface area contributed by atoms with Crippen molar-refractivity contribution >= 4 is 27.5 Å². The van der Waals surface area contributed by atoms with E-state index in [1.54, 1.807) is 0 Å². The molecule has 0 nitrogen and oxygen atoms in total. The summed E-state index contributed by atoms with van der Waals surface area (Å²) in [5.41, 5.74) is 3.76. The molecule has 0 aliphatic carbocycles. The van der Waals surface area contributed by atoms with Crippen LogP contribution in [-0.2, 0) is 6.42 Å². The molecule has 2 heteroatoms. The van der Waals surface area contributed by atoms with Crippen molar-refractivity contribution in [1.29, 1.82) is 0 Å². The van der Waals surface area contributed by atoms with Crippen LogP contribution >= 0.6 is 27.5 Å². The van der Waals surface area contributed by atoms with Crippen molar-refractivity contribution in [2.24, 2.45) is 0 Å². The quantitative estimate of drug-likeness (QED) is 0.672. The van der Waals surface area contributed by atoms with Gasteiger partial charge in [-0.1, -0.05) is 63.9 Å². The van der Waals surface area contributed by atoms with Crippen molar-refractivity contribution in [2.45, 2.75) is 18.2 Å². The van der Waals surface area contributed by atoms with Gasteiger partial charge in [0.15, 0.2) is 0 Å². The van der Waals surface area contributed by atoms with Gasteiger partial charge < -0.3 is 0 Å². The summed E-state index contributed by atoms with van der Waals surface area (Å²) in [6.07, 6.45) is 0.973. The van der Waals surface area contributed by atoms with Gasteiger partial charge in [-0.2, -0.15) is 0 Å². The average molecular weight is 310 g/mol. The van der Waals surface area contributed by atoms with E-state index in [-0.39, 0.29) is 0 Å². The zero-order valence-corrected chi connectivity index (χ0v) is 12.0. The predicted molar refractivity (Wildman–Crippen MR) is 78.0 cm³/mol. The number of benzene rings is 2. The van der Waals surface area contributed by atoms with Gasteiger partial charge in [-0.05, 0) is 42.2 Å². The van der Waals surface area contributed by atoms with Gasteiger partial charge in [0.1, 0.15) is 0 Å². The zero-order valence-electron chi connectivity index (χ0n) is 9.66. The van der Waals surface area contributed by atoms with Crippen molar-refractivity contribution < 1.29 is 0 Å². The lowest BCUT2D eigenvalue weighted by atomic mass is 10.0. The van der Waals surface area contributed by atoms with E-state index in [9.17, 15) is 0 Å². The van der Waals surface area contributed by atoms with Gasteiger partial charge in [0.05, 0.1) is 0 Å². The zero-order chi connectivity index (χ0) is 12.3. The molecule has 2 aromatic carbocycles. The highest BCUT2D eigenvalue weighted by Gasteiger charge is 2.09. The Kier molecular flexibility index (Phi) is 4.25. The van der Waals surface area contributed by atoms with E-state index in [1.807, 2.05) is 18.2 Å². The molecule has 1 unspecified atom stereocenters. The number of alkyl halides is 1. The van der Waals surface area contributed by atoms with Crippen LogP contribution in [0.4, 0.5) is 0 Å². The summed E-state index contributed by atoms with van der Waals surface area (Å²) in [4.78, 5) is 0.308. The van der Waals surface area contributed by atoms with Crippen molar-refractivity contribution in [3.63, 3.8) is 0 Å². The minimum absolute atomic E-state index is 0.308. The first-order valence-corrected chi connectivity index (χ1v) is 6.89. The number of halogens is 2. The van der Waals surface area contributed by atoms with Gasteiger partial charge in [-0.15, -0.1) is 0 Å². The van der Waals surface area contributed by atoms with Gasteiger partial charge in [0.2, 0.25) is 0 Å². The van der Waals surface area contributed by atoms with Gasteiger partial charge in [0.25, 0.3) is 0 Å². The lowest BCUT2D eigenvalue weighted by molar-refractivity contribution is 0.947. The van der Waals surface area contributed by atoms with E-state index in [2.05, 4.69) is 53.2 Å². The van der Waals surface area contributed by atoms with Crippen LogP contribution in [0, 0.1) is 6.92 Å². The van der Waals surface area contributed by atoms with Gasteiger partial charge in [-0.3, -0.25) is 0 Å². The molecule has 0 radical (unpaired) electrons. The first-order valence-electron chi connectivity index (χ1n) is 5.60. The van der Waals surface area contributed by atoms with Gasteiger partial charge >= 0.3 is 0 Å². The fraction of sp³-hybridized carbons (Fsp3) is 0.200. The molecule has 17 heavy (non-hydrogen) atoms. The molecule has 0 saturated heterocycles. The van der Waals surface area contributed by atoms with E-state index >= 15 is 0 Å². The van der Waals surface area contributed by atoms with Crippen LogP contribution in [0.5, 0.6) is 0 Å². The SMILES string of the molecule is Cc1cc(Cl)cc(C(Br)Cc2ccccc2)c1. The maximum atomic E-state index is 6.08. The molecule has 0 heterocycles. The molecular weight excluding hydrogens is 296 g/mol. The van der Waals surface area contributed by atoms with Gasteiger partial charge in [-0.25, -0.2) is 0 Å².